The number of carbonyl (C=O) groups excluding carboxylic acids is 4. The molecule has 0 fully saturated rings. The van der Waals surface area contributed by atoms with E-state index in [0.29, 0.717) is 38.5 Å². The van der Waals surface area contributed by atoms with E-state index in [1.54, 1.807) is 6.92 Å². The van der Waals surface area contributed by atoms with E-state index in [0.717, 1.165) is 19.3 Å². The van der Waals surface area contributed by atoms with Gasteiger partial charge in [-0.25, -0.2) is 0 Å². The first kappa shape index (κ1) is 22.3. The van der Waals surface area contributed by atoms with Gasteiger partial charge in [0.2, 0.25) is 0 Å². The zero-order valence-corrected chi connectivity index (χ0v) is 15.1. The average molecular weight is 342 g/mol. The molecule has 1 unspecified atom stereocenters. The van der Waals surface area contributed by atoms with Gasteiger partial charge in [-0.2, -0.15) is 0 Å². The van der Waals surface area contributed by atoms with E-state index >= 15 is 0 Å². The number of carbonyl (C=O) groups is 4. The van der Waals surface area contributed by atoms with E-state index in [2.05, 4.69) is 4.74 Å². The molecule has 0 bridgehead atoms. The van der Waals surface area contributed by atoms with Crippen molar-refractivity contribution in [3.8, 4) is 0 Å². The number of hydrogen-bond acceptors (Lipinski definition) is 6. The Morgan fingerprint density at radius 2 is 1.42 bits per heavy atom. The van der Waals surface area contributed by atoms with Gasteiger partial charge in [-0.3, -0.25) is 14.4 Å². The van der Waals surface area contributed by atoms with Gasteiger partial charge in [0.05, 0.1) is 20.1 Å². The standard InChI is InChI=1S/C18H30O6/c1-14(19)9-5-4-6-10-15(18(22)24-3)13-16(20)11-7-8-12-17(21)23-2/h15H,4-13H2,1-3H3. The summed E-state index contributed by atoms with van der Waals surface area (Å²) in [6.45, 7) is 1.57. The van der Waals surface area contributed by atoms with E-state index in [4.69, 9.17) is 4.74 Å². The van der Waals surface area contributed by atoms with E-state index < -0.39 is 5.92 Å². The molecule has 0 aromatic rings. The minimum Gasteiger partial charge on any atom is -0.469 e. The van der Waals surface area contributed by atoms with Gasteiger partial charge in [0.15, 0.2) is 0 Å². The molecule has 24 heavy (non-hydrogen) atoms. The van der Waals surface area contributed by atoms with Crippen LogP contribution in [0.15, 0.2) is 0 Å². The van der Waals surface area contributed by atoms with E-state index in [1.807, 2.05) is 0 Å². The molecule has 0 heterocycles. The highest BCUT2D eigenvalue weighted by Gasteiger charge is 2.22. The lowest BCUT2D eigenvalue weighted by Gasteiger charge is -2.13. The summed E-state index contributed by atoms with van der Waals surface area (Å²) in [5, 5.41) is 0. The number of esters is 2. The highest BCUT2D eigenvalue weighted by atomic mass is 16.5. The Balaban J connectivity index is 4.08. The first-order valence-electron chi connectivity index (χ1n) is 8.56. The second kappa shape index (κ2) is 13.7. The van der Waals surface area contributed by atoms with Gasteiger partial charge in [0, 0.05) is 25.7 Å². The molecule has 0 amide bonds. The minimum atomic E-state index is -0.416. The summed E-state index contributed by atoms with van der Waals surface area (Å²) < 4.78 is 9.31. The zero-order chi connectivity index (χ0) is 18.4. The number of ketones is 2. The van der Waals surface area contributed by atoms with Crippen LogP contribution in [0.1, 0.15) is 71.1 Å². The second-order valence-electron chi connectivity index (χ2n) is 6.05. The normalized spacial score (nSPS) is 11.6. The van der Waals surface area contributed by atoms with Crippen LogP contribution in [0.4, 0.5) is 0 Å². The van der Waals surface area contributed by atoms with Gasteiger partial charge in [-0.1, -0.05) is 12.8 Å². The maximum atomic E-state index is 12.0. The topological polar surface area (TPSA) is 86.7 Å². The highest BCUT2D eigenvalue weighted by molar-refractivity contribution is 5.84. The lowest BCUT2D eigenvalue weighted by atomic mass is 9.93. The van der Waals surface area contributed by atoms with Crippen molar-refractivity contribution < 1.29 is 28.7 Å². The second-order valence-corrected chi connectivity index (χ2v) is 6.05. The Morgan fingerprint density at radius 3 is 2.00 bits per heavy atom. The van der Waals surface area contributed by atoms with Gasteiger partial charge in [0.25, 0.3) is 0 Å². The van der Waals surface area contributed by atoms with Crippen molar-refractivity contribution in [1.82, 2.24) is 0 Å². The first-order valence-corrected chi connectivity index (χ1v) is 8.56. The van der Waals surface area contributed by atoms with Crippen molar-refractivity contribution in [2.45, 2.75) is 71.1 Å². The Bertz CT molecular complexity index is 416. The van der Waals surface area contributed by atoms with Crippen molar-refractivity contribution in [3.63, 3.8) is 0 Å². The van der Waals surface area contributed by atoms with Crippen molar-refractivity contribution >= 4 is 23.5 Å². The summed E-state index contributed by atoms with van der Waals surface area (Å²) in [4.78, 5) is 45.7. The monoisotopic (exact) mass is 342 g/mol. The van der Waals surface area contributed by atoms with Gasteiger partial charge < -0.3 is 14.3 Å². The molecule has 0 aromatic heterocycles. The van der Waals surface area contributed by atoms with Crippen LogP contribution in [-0.2, 0) is 28.7 Å². The number of rotatable bonds is 14. The molecule has 0 aliphatic rings. The number of hydrogen-bond donors (Lipinski definition) is 0. The fourth-order valence-corrected chi connectivity index (χ4v) is 2.48. The van der Waals surface area contributed by atoms with Crippen LogP contribution in [0.3, 0.4) is 0 Å². The fourth-order valence-electron chi connectivity index (χ4n) is 2.48. The van der Waals surface area contributed by atoms with Gasteiger partial charge in [0.1, 0.15) is 11.6 Å². The summed E-state index contributed by atoms with van der Waals surface area (Å²) in [5.41, 5.74) is 0. The lowest BCUT2D eigenvalue weighted by molar-refractivity contribution is -0.147. The Hall–Kier alpha value is -1.72. The van der Waals surface area contributed by atoms with Gasteiger partial charge in [-0.05, 0) is 32.6 Å². The predicted octanol–water partition coefficient (Wildman–Crippen LogP) is 3.01. The number of unbranched alkanes of at least 4 members (excludes halogenated alkanes) is 3. The molecular weight excluding hydrogens is 312 g/mol. The SMILES string of the molecule is COC(=O)CCCCC(=O)CC(CCCCCC(C)=O)C(=O)OC. The van der Waals surface area contributed by atoms with Crippen LogP contribution in [-0.4, -0.2) is 37.7 Å². The first-order chi connectivity index (χ1) is 11.4. The molecule has 0 spiro atoms. The van der Waals surface area contributed by atoms with Gasteiger partial charge >= 0.3 is 11.9 Å². The Morgan fingerprint density at radius 1 is 0.792 bits per heavy atom. The summed E-state index contributed by atoms with van der Waals surface area (Å²) in [6, 6.07) is 0. The van der Waals surface area contributed by atoms with Crippen LogP contribution >= 0.6 is 0 Å². The van der Waals surface area contributed by atoms with Crippen LogP contribution in [0.25, 0.3) is 0 Å². The third kappa shape index (κ3) is 11.8. The summed E-state index contributed by atoms with van der Waals surface area (Å²) >= 11 is 0. The molecule has 0 radical (unpaired) electrons. The quantitative estimate of drug-likeness (QED) is 0.356. The number of Topliss-reactive ketones (excluding diaryl/α,β-unsaturated/α-hetero) is 2. The molecule has 0 N–H and O–H groups in total. The molecule has 0 aliphatic heterocycles. The summed E-state index contributed by atoms with van der Waals surface area (Å²) in [5.74, 6) is -0.869. The molecule has 6 heteroatoms. The zero-order valence-electron chi connectivity index (χ0n) is 15.1. The third-order valence-corrected chi connectivity index (χ3v) is 3.90. The van der Waals surface area contributed by atoms with Crippen molar-refractivity contribution in [2.24, 2.45) is 5.92 Å². The van der Waals surface area contributed by atoms with Crippen molar-refractivity contribution in [2.75, 3.05) is 14.2 Å². The molecular formula is C18H30O6. The number of ether oxygens (including phenoxy) is 2. The van der Waals surface area contributed by atoms with Crippen LogP contribution < -0.4 is 0 Å². The van der Waals surface area contributed by atoms with Crippen LogP contribution in [0.2, 0.25) is 0 Å². The van der Waals surface area contributed by atoms with Crippen LogP contribution in [0, 0.1) is 5.92 Å². The minimum absolute atomic E-state index is 0.0130. The smallest absolute Gasteiger partial charge is 0.309 e. The highest BCUT2D eigenvalue weighted by Crippen LogP contribution is 2.18. The fraction of sp³-hybridized carbons (Fsp3) is 0.778. The predicted molar refractivity (Wildman–Crippen MR) is 89.4 cm³/mol. The summed E-state index contributed by atoms with van der Waals surface area (Å²) in [6.07, 6.45) is 5.67. The third-order valence-electron chi connectivity index (χ3n) is 3.90. The van der Waals surface area contributed by atoms with Crippen molar-refractivity contribution in [3.05, 3.63) is 0 Å². The van der Waals surface area contributed by atoms with Crippen molar-refractivity contribution in [1.29, 1.82) is 0 Å². The lowest BCUT2D eigenvalue weighted by Crippen LogP contribution is -2.20. The molecule has 0 aliphatic carbocycles. The molecule has 0 saturated heterocycles. The molecule has 1 atom stereocenters. The summed E-state index contributed by atoms with van der Waals surface area (Å²) in [7, 11) is 2.66. The molecule has 0 saturated carbocycles. The molecule has 0 rings (SSSR count). The van der Waals surface area contributed by atoms with E-state index in [9.17, 15) is 19.2 Å². The largest absolute Gasteiger partial charge is 0.469 e. The maximum absolute atomic E-state index is 12.0. The molecule has 0 aromatic carbocycles. The maximum Gasteiger partial charge on any atom is 0.309 e. The van der Waals surface area contributed by atoms with Crippen LogP contribution in [0.5, 0.6) is 0 Å². The van der Waals surface area contributed by atoms with E-state index in [-0.39, 0.29) is 29.9 Å². The van der Waals surface area contributed by atoms with Gasteiger partial charge in [-0.15, -0.1) is 0 Å². The molecule has 6 nitrogen and oxygen atoms in total. The number of methoxy groups -OCH3 is 2. The molecule has 138 valence electrons. The Labute approximate surface area is 144 Å². The van der Waals surface area contributed by atoms with E-state index in [1.165, 1.54) is 14.2 Å². The Kier molecular flexibility index (Phi) is 12.7. The average Bonchev–Trinajstić information content (AvgIpc) is 2.56.